The van der Waals surface area contributed by atoms with E-state index in [0.29, 0.717) is 12.8 Å². The fraction of sp³-hybridized carbons (Fsp3) is 0.167. The lowest BCUT2D eigenvalue weighted by Crippen LogP contribution is -2.01. The molecule has 0 aliphatic rings. The standard InChI is InChI=1S/C18H16N4O/c1-12-2-7-18-20-15(11-22(18)10-12)4-6-17(23)13-3-5-16-14(8-13)9-19-21-16/h2-3,5,7-11H,4,6H2,1H3,(H,19,21). The molecular formula is C18H16N4O. The van der Waals surface area contributed by atoms with E-state index in [0.717, 1.165) is 27.8 Å². The van der Waals surface area contributed by atoms with Gasteiger partial charge in [-0.2, -0.15) is 5.10 Å². The number of ketones is 1. The van der Waals surface area contributed by atoms with Crippen LogP contribution in [0.15, 0.2) is 48.9 Å². The molecule has 0 saturated heterocycles. The normalized spacial score (nSPS) is 11.3. The molecule has 0 fully saturated rings. The summed E-state index contributed by atoms with van der Waals surface area (Å²) in [5.41, 5.74) is 4.70. The highest BCUT2D eigenvalue weighted by molar-refractivity contribution is 5.99. The Balaban J connectivity index is 1.51. The number of aromatic nitrogens is 4. The number of imidazole rings is 1. The van der Waals surface area contributed by atoms with Gasteiger partial charge in [-0.05, 0) is 43.2 Å². The molecule has 5 nitrogen and oxygen atoms in total. The van der Waals surface area contributed by atoms with Gasteiger partial charge in [0, 0.05) is 29.8 Å². The van der Waals surface area contributed by atoms with Crippen molar-refractivity contribution in [1.29, 1.82) is 0 Å². The number of Topliss-reactive ketones (excluding diaryl/α,β-unsaturated/α-hetero) is 1. The minimum Gasteiger partial charge on any atom is -0.307 e. The van der Waals surface area contributed by atoms with Crippen LogP contribution in [-0.2, 0) is 6.42 Å². The lowest BCUT2D eigenvalue weighted by Gasteiger charge is -2.00. The maximum atomic E-state index is 12.4. The predicted octanol–water partition coefficient (Wildman–Crippen LogP) is 3.33. The molecule has 0 aliphatic carbocycles. The Morgan fingerprint density at radius 2 is 2.13 bits per heavy atom. The lowest BCUT2D eigenvalue weighted by molar-refractivity contribution is 0.0982. The van der Waals surface area contributed by atoms with Crippen LogP contribution in [0.25, 0.3) is 16.6 Å². The summed E-state index contributed by atoms with van der Waals surface area (Å²) in [4.78, 5) is 16.9. The molecule has 0 bridgehead atoms. The van der Waals surface area contributed by atoms with Crippen molar-refractivity contribution in [3.05, 3.63) is 65.7 Å². The minimum absolute atomic E-state index is 0.126. The summed E-state index contributed by atoms with van der Waals surface area (Å²) in [6, 6.07) is 9.65. The number of hydrogen-bond acceptors (Lipinski definition) is 3. The number of rotatable bonds is 4. The Kier molecular flexibility index (Phi) is 3.19. The Hall–Kier alpha value is -2.95. The summed E-state index contributed by atoms with van der Waals surface area (Å²) in [5.74, 6) is 0.126. The van der Waals surface area contributed by atoms with Gasteiger partial charge in [0.15, 0.2) is 5.78 Å². The molecule has 0 radical (unpaired) electrons. The highest BCUT2D eigenvalue weighted by Crippen LogP contribution is 2.16. The maximum Gasteiger partial charge on any atom is 0.163 e. The number of aromatic amines is 1. The molecule has 3 heterocycles. The average molecular weight is 304 g/mol. The number of hydrogen-bond donors (Lipinski definition) is 1. The third-order valence-corrected chi connectivity index (χ3v) is 4.02. The fourth-order valence-corrected chi connectivity index (χ4v) is 2.78. The van der Waals surface area contributed by atoms with Crippen LogP contribution in [0.3, 0.4) is 0 Å². The van der Waals surface area contributed by atoms with Gasteiger partial charge in [0.25, 0.3) is 0 Å². The van der Waals surface area contributed by atoms with Crippen molar-refractivity contribution >= 4 is 22.3 Å². The van der Waals surface area contributed by atoms with Crippen molar-refractivity contribution in [2.75, 3.05) is 0 Å². The van der Waals surface area contributed by atoms with Gasteiger partial charge >= 0.3 is 0 Å². The van der Waals surface area contributed by atoms with Crippen LogP contribution in [0, 0.1) is 6.92 Å². The van der Waals surface area contributed by atoms with Crippen molar-refractivity contribution < 1.29 is 4.79 Å². The van der Waals surface area contributed by atoms with Gasteiger partial charge in [0.05, 0.1) is 17.4 Å². The summed E-state index contributed by atoms with van der Waals surface area (Å²) in [7, 11) is 0. The monoisotopic (exact) mass is 304 g/mol. The second kappa shape index (κ2) is 5.35. The number of pyridine rings is 1. The molecular weight excluding hydrogens is 288 g/mol. The van der Waals surface area contributed by atoms with Crippen LogP contribution in [0.2, 0.25) is 0 Å². The number of nitrogens with one attached hydrogen (secondary N) is 1. The predicted molar refractivity (Wildman–Crippen MR) is 88.7 cm³/mol. The molecule has 1 N–H and O–H groups in total. The van der Waals surface area contributed by atoms with Crippen LogP contribution >= 0.6 is 0 Å². The van der Waals surface area contributed by atoms with Crippen LogP contribution in [0.4, 0.5) is 0 Å². The molecule has 0 spiro atoms. The van der Waals surface area contributed by atoms with Crippen molar-refractivity contribution in [2.45, 2.75) is 19.8 Å². The third-order valence-electron chi connectivity index (χ3n) is 4.02. The summed E-state index contributed by atoms with van der Waals surface area (Å²) >= 11 is 0. The van der Waals surface area contributed by atoms with E-state index in [1.165, 1.54) is 5.56 Å². The summed E-state index contributed by atoms with van der Waals surface area (Å²) in [5, 5.41) is 7.82. The van der Waals surface area contributed by atoms with Gasteiger partial charge in [-0.1, -0.05) is 6.07 Å². The molecule has 3 aromatic heterocycles. The van der Waals surface area contributed by atoms with Gasteiger partial charge in [-0.3, -0.25) is 9.89 Å². The number of carbonyl (C=O) groups is 1. The zero-order valence-corrected chi connectivity index (χ0v) is 12.8. The van der Waals surface area contributed by atoms with Gasteiger partial charge < -0.3 is 4.40 Å². The molecule has 5 heteroatoms. The molecule has 0 aliphatic heterocycles. The highest BCUT2D eigenvalue weighted by atomic mass is 16.1. The Morgan fingerprint density at radius 1 is 1.22 bits per heavy atom. The van der Waals surface area contributed by atoms with Crippen LogP contribution in [0.1, 0.15) is 28.0 Å². The highest BCUT2D eigenvalue weighted by Gasteiger charge is 2.09. The van der Waals surface area contributed by atoms with E-state index in [1.54, 1.807) is 6.20 Å². The van der Waals surface area contributed by atoms with Gasteiger partial charge in [0.1, 0.15) is 5.65 Å². The Bertz CT molecular complexity index is 1010. The van der Waals surface area contributed by atoms with Crippen LogP contribution < -0.4 is 0 Å². The fourth-order valence-electron chi connectivity index (χ4n) is 2.78. The van der Waals surface area contributed by atoms with Crippen molar-refractivity contribution in [3.63, 3.8) is 0 Å². The molecule has 23 heavy (non-hydrogen) atoms. The number of nitrogens with zero attached hydrogens (tertiary/aromatic N) is 3. The van der Waals surface area contributed by atoms with E-state index >= 15 is 0 Å². The average Bonchev–Trinajstić information content (AvgIpc) is 3.17. The first-order chi connectivity index (χ1) is 11.2. The smallest absolute Gasteiger partial charge is 0.163 e. The van der Waals surface area contributed by atoms with Crippen molar-refractivity contribution in [3.8, 4) is 0 Å². The Morgan fingerprint density at radius 3 is 3.04 bits per heavy atom. The van der Waals surface area contributed by atoms with Gasteiger partial charge in [-0.15, -0.1) is 0 Å². The zero-order valence-electron chi connectivity index (χ0n) is 12.8. The summed E-state index contributed by atoms with van der Waals surface area (Å²) in [6.07, 6.45) is 6.86. The second-order valence-corrected chi connectivity index (χ2v) is 5.80. The van der Waals surface area contributed by atoms with Crippen LogP contribution in [0.5, 0.6) is 0 Å². The van der Waals surface area contributed by atoms with E-state index in [2.05, 4.69) is 22.1 Å². The molecule has 0 amide bonds. The van der Waals surface area contributed by atoms with Gasteiger partial charge in [-0.25, -0.2) is 4.98 Å². The first-order valence-corrected chi connectivity index (χ1v) is 7.59. The zero-order chi connectivity index (χ0) is 15.8. The van der Waals surface area contributed by atoms with E-state index in [4.69, 9.17) is 0 Å². The number of benzene rings is 1. The number of carbonyl (C=O) groups excluding carboxylic acids is 1. The first-order valence-electron chi connectivity index (χ1n) is 7.59. The van der Waals surface area contributed by atoms with E-state index in [-0.39, 0.29) is 5.78 Å². The molecule has 0 atom stereocenters. The van der Waals surface area contributed by atoms with E-state index < -0.39 is 0 Å². The number of aryl methyl sites for hydroxylation is 2. The number of H-pyrrole nitrogens is 1. The molecule has 0 saturated carbocycles. The SMILES string of the molecule is Cc1ccc2nc(CCC(=O)c3ccc4[nH]ncc4c3)cn2c1. The quantitative estimate of drug-likeness (QED) is 0.588. The van der Waals surface area contributed by atoms with E-state index in [1.807, 2.05) is 47.1 Å². The molecule has 1 aromatic carbocycles. The minimum atomic E-state index is 0.126. The number of fused-ring (bicyclic) bond motifs is 2. The van der Waals surface area contributed by atoms with Crippen LogP contribution in [-0.4, -0.2) is 25.4 Å². The van der Waals surface area contributed by atoms with Crippen molar-refractivity contribution in [1.82, 2.24) is 19.6 Å². The Labute approximate surface area is 133 Å². The van der Waals surface area contributed by atoms with Gasteiger partial charge in [0.2, 0.25) is 0 Å². The second-order valence-electron chi connectivity index (χ2n) is 5.80. The summed E-state index contributed by atoms with van der Waals surface area (Å²) < 4.78 is 2.01. The first kappa shape index (κ1) is 13.7. The lowest BCUT2D eigenvalue weighted by atomic mass is 10.0. The molecule has 0 unspecified atom stereocenters. The molecule has 4 aromatic rings. The maximum absolute atomic E-state index is 12.4. The third kappa shape index (κ3) is 2.61. The summed E-state index contributed by atoms with van der Waals surface area (Å²) in [6.45, 7) is 2.05. The topological polar surface area (TPSA) is 63.0 Å². The van der Waals surface area contributed by atoms with E-state index in [9.17, 15) is 4.79 Å². The van der Waals surface area contributed by atoms with Crippen molar-refractivity contribution in [2.24, 2.45) is 0 Å². The largest absolute Gasteiger partial charge is 0.307 e. The molecule has 114 valence electrons. The molecule has 4 rings (SSSR count).